The van der Waals surface area contributed by atoms with Crippen LogP contribution in [0.5, 0.6) is 0 Å². The average Bonchev–Trinajstić information content (AvgIpc) is 3.07. The van der Waals surface area contributed by atoms with Crippen molar-refractivity contribution in [3.8, 4) is 0 Å². The second kappa shape index (κ2) is 4.56. The van der Waals surface area contributed by atoms with Gasteiger partial charge in [0.15, 0.2) is 0 Å². The van der Waals surface area contributed by atoms with Crippen LogP contribution in [0.2, 0.25) is 0 Å². The highest BCUT2D eigenvalue weighted by atomic mass is 16.3. The van der Waals surface area contributed by atoms with Crippen molar-refractivity contribution in [3.05, 3.63) is 48.2 Å². The van der Waals surface area contributed by atoms with E-state index in [0.717, 1.165) is 11.0 Å². The number of amides is 1. The summed E-state index contributed by atoms with van der Waals surface area (Å²) in [6.07, 6.45) is 1.29. The summed E-state index contributed by atoms with van der Waals surface area (Å²) in [5.41, 5.74) is 0.804. The molecule has 0 saturated carbocycles. The Kier molecular flexibility index (Phi) is 2.75. The molecule has 3 aromatic rings. The number of aromatic amines is 1. The molecule has 1 atom stereocenters. The number of furan rings is 1. The second-order valence-corrected chi connectivity index (χ2v) is 4.22. The van der Waals surface area contributed by atoms with Crippen molar-refractivity contribution >= 4 is 16.9 Å². The van der Waals surface area contributed by atoms with Crippen LogP contribution in [0.3, 0.4) is 0 Å². The van der Waals surface area contributed by atoms with Crippen molar-refractivity contribution < 1.29 is 9.21 Å². The number of hydrogen-bond acceptors (Lipinski definition) is 4. The highest BCUT2D eigenvalue weighted by molar-refractivity contribution is 5.90. The average molecular weight is 256 g/mol. The van der Waals surface area contributed by atoms with Crippen molar-refractivity contribution in [2.45, 2.75) is 13.0 Å². The molecule has 19 heavy (non-hydrogen) atoms. The predicted molar refractivity (Wildman–Crippen MR) is 68.5 cm³/mol. The molecule has 0 spiro atoms. The van der Waals surface area contributed by atoms with E-state index < -0.39 is 0 Å². The number of benzene rings is 1. The molecule has 2 heterocycles. The number of para-hydroxylation sites is 1. The van der Waals surface area contributed by atoms with Crippen LogP contribution in [0.15, 0.2) is 41.1 Å². The number of carbonyl (C=O) groups is 1. The normalized spacial score (nSPS) is 12.5. The van der Waals surface area contributed by atoms with E-state index in [9.17, 15) is 4.79 Å². The summed E-state index contributed by atoms with van der Waals surface area (Å²) in [6.45, 7) is 1.85. The van der Waals surface area contributed by atoms with Gasteiger partial charge >= 0.3 is 0 Å². The third-order valence-electron chi connectivity index (χ3n) is 2.85. The molecule has 2 aromatic heterocycles. The quantitative estimate of drug-likeness (QED) is 0.751. The summed E-state index contributed by atoms with van der Waals surface area (Å²) in [4.78, 5) is 15.6. The minimum absolute atomic E-state index is 0.183. The van der Waals surface area contributed by atoms with E-state index in [0.29, 0.717) is 5.76 Å². The first kappa shape index (κ1) is 11.5. The number of nitrogens with one attached hydrogen (secondary N) is 2. The molecule has 0 aliphatic carbocycles. The Morgan fingerprint density at radius 1 is 1.42 bits per heavy atom. The molecule has 0 bridgehead atoms. The lowest BCUT2D eigenvalue weighted by atomic mass is 10.2. The van der Waals surface area contributed by atoms with E-state index in [4.69, 9.17) is 4.42 Å². The van der Waals surface area contributed by atoms with Gasteiger partial charge in [-0.1, -0.05) is 18.2 Å². The number of hydrogen-bond donors (Lipinski definition) is 2. The molecule has 1 aromatic carbocycles. The van der Waals surface area contributed by atoms with Crippen LogP contribution in [0.1, 0.15) is 29.3 Å². The molecule has 1 unspecified atom stereocenters. The summed E-state index contributed by atoms with van der Waals surface area (Å²) >= 11 is 0. The summed E-state index contributed by atoms with van der Waals surface area (Å²) < 4.78 is 5.69. The van der Waals surface area contributed by atoms with Gasteiger partial charge < -0.3 is 9.73 Å². The fourth-order valence-electron chi connectivity index (χ4n) is 1.87. The molecule has 0 aliphatic rings. The molecule has 2 N–H and O–H groups in total. The third-order valence-corrected chi connectivity index (χ3v) is 2.85. The summed E-state index contributed by atoms with van der Waals surface area (Å²) in [5.74, 6) is 0.572. The molecule has 6 heteroatoms. The summed E-state index contributed by atoms with van der Waals surface area (Å²) in [6, 6.07) is 9.38. The smallest absolute Gasteiger partial charge is 0.289 e. The number of nitrogens with zero attached hydrogens (tertiary/aromatic N) is 2. The molecule has 0 radical (unpaired) electrons. The fourth-order valence-corrected chi connectivity index (χ4v) is 1.87. The van der Waals surface area contributed by atoms with Gasteiger partial charge in [-0.2, -0.15) is 5.10 Å². The zero-order valence-corrected chi connectivity index (χ0v) is 10.3. The maximum Gasteiger partial charge on any atom is 0.289 e. The van der Waals surface area contributed by atoms with E-state index in [1.807, 2.05) is 37.3 Å². The van der Waals surface area contributed by atoms with Gasteiger partial charge in [-0.15, -0.1) is 0 Å². The first-order valence-corrected chi connectivity index (χ1v) is 5.89. The molecule has 3 rings (SSSR count). The minimum Gasteiger partial charge on any atom is -0.459 e. The monoisotopic (exact) mass is 256 g/mol. The fraction of sp³-hybridized carbons (Fsp3) is 0.154. The summed E-state index contributed by atoms with van der Waals surface area (Å²) in [5, 5.41) is 9.96. The molecular weight excluding hydrogens is 244 g/mol. The molecule has 1 amide bonds. The lowest BCUT2D eigenvalue weighted by Crippen LogP contribution is -2.27. The standard InChI is InChI=1S/C13H12N4O2/c1-8(16-13(18)12-14-7-15-17-12)11-6-9-4-2-3-5-10(9)19-11/h2-8H,1H3,(H,16,18)(H,14,15,17). The topological polar surface area (TPSA) is 83.8 Å². The zero-order chi connectivity index (χ0) is 13.2. The summed E-state index contributed by atoms with van der Waals surface area (Å²) in [7, 11) is 0. The van der Waals surface area contributed by atoms with E-state index in [1.54, 1.807) is 0 Å². The van der Waals surface area contributed by atoms with E-state index in [-0.39, 0.29) is 17.8 Å². The minimum atomic E-state index is -0.314. The van der Waals surface area contributed by atoms with Crippen LogP contribution >= 0.6 is 0 Å². The van der Waals surface area contributed by atoms with Gasteiger partial charge in [0.05, 0.1) is 6.04 Å². The maximum absolute atomic E-state index is 11.8. The van der Waals surface area contributed by atoms with Gasteiger partial charge in [-0.25, -0.2) is 4.98 Å². The SMILES string of the molecule is CC(NC(=O)c1ncn[nH]1)c1cc2ccccc2o1. The van der Waals surface area contributed by atoms with Gasteiger partial charge in [-0.05, 0) is 19.1 Å². The Labute approximate surface area is 108 Å². The van der Waals surface area contributed by atoms with Crippen molar-refractivity contribution in [1.82, 2.24) is 20.5 Å². The van der Waals surface area contributed by atoms with Crippen molar-refractivity contribution in [1.29, 1.82) is 0 Å². The Bertz CT molecular complexity index is 669. The molecule has 0 saturated heterocycles. The van der Waals surface area contributed by atoms with Gasteiger partial charge in [-0.3, -0.25) is 9.89 Å². The van der Waals surface area contributed by atoms with Crippen LogP contribution in [0, 0.1) is 0 Å². The Morgan fingerprint density at radius 2 is 2.26 bits per heavy atom. The molecule has 0 aliphatic heterocycles. The van der Waals surface area contributed by atoms with Crippen LogP contribution in [0.4, 0.5) is 0 Å². The lowest BCUT2D eigenvalue weighted by molar-refractivity contribution is 0.0925. The van der Waals surface area contributed by atoms with Gasteiger partial charge in [0.25, 0.3) is 5.91 Å². The molecule has 6 nitrogen and oxygen atoms in total. The maximum atomic E-state index is 11.8. The molecule has 0 fully saturated rings. The number of carbonyl (C=O) groups excluding carboxylic acids is 1. The number of H-pyrrole nitrogens is 1. The van der Waals surface area contributed by atoms with Crippen molar-refractivity contribution in [2.24, 2.45) is 0 Å². The largest absolute Gasteiger partial charge is 0.459 e. The van der Waals surface area contributed by atoms with Crippen LogP contribution in [0.25, 0.3) is 11.0 Å². The molecule has 96 valence electrons. The van der Waals surface area contributed by atoms with Crippen molar-refractivity contribution in [3.63, 3.8) is 0 Å². The number of aromatic nitrogens is 3. The Hall–Kier alpha value is -2.63. The van der Waals surface area contributed by atoms with E-state index in [1.165, 1.54) is 6.33 Å². The number of rotatable bonds is 3. The van der Waals surface area contributed by atoms with Gasteiger partial charge in [0.2, 0.25) is 5.82 Å². The van der Waals surface area contributed by atoms with Gasteiger partial charge in [0, 0.05) is 5.39 Å². The first-order valence-electron chi connectivity index (χ1n) is 5.89. The lowest BCUT2D eigenvalue weighted by Gasteiger charge is -2.09. The number of fused-ring (bicyclic) bond motifs is 1. The first-order chi connectivity index (χ1) is 9.24. The van der Waals surface area contributed by atoms with E-state index in [2.05, 4.69) is 20.5 Å². The van der Waals surface area contributed by atoms with Crippen molar-refractivity contribution in [2.75, 3.05) is 0 Å². The predicted octanol–water partition coefficient (Wildman–Crippen LogP) is 2.04. The highest BCUT2D eigenvalue weighted by Crippen LogP contribution is 2.23. The van der Waals surface area contributed by atoms with Crippen LogP contribution < -0.4 is 5.32 Å². The third kappa shape index (κ3) is 2.20. The van der Waals surface area contributed by atoms with Crippen LogP contribution in [-0.4, -0.2) is 21.1 Å². The highest BCUT2D eigenvalue weighted by Gasteiger charge is 2.16. The Balaban J connectivity index is 1.80. The molecular formula is C13H12N4O2. The zero-order valence-electron chi connectivity index (χ0n) is 10.3. The van der Waals surface area contributed by atoms with Gasteiger partial charge in [0.1, 0.15) is 17.7 Å². The van der Waals surface area contributed by atoms with E-state index >= 15 is 0 Å². The van der Waals surface area contributed by atoms with Crippen LogP contribution in [-0.2, 0) is 0 Å². The second-order valence-electron chi connectivity index (χ2n) is 4.22. The Morgan fingerprint density at radius 3 is 3.00 bits per heavy atom.